The monoisotopic (exact) mass is 332 g/mol. The van der Waals surface area contributed by atoms with E-state index < -0.39 is 0 Å². The second-order valence-corrected chi connectivity index (χ2v) is 6.31. The molecule has 5 nitrogen and oxygen atoms in total. The summed E-state index contributed by atoms with van der Waals surface area (Å²) < 4.78 is 2.20. The smallest absolute Gasteiger partial charge is 0.322 e. The molecule has 3 heterocycles. The van der Waals surface area contributed by atoms with Gasteiger partial charge < -0.3 is 14.8 Å². The highest BCUT2D eigenvalue weighted by Crippen LogP contribution is 2.32. The maximum Gasteiger partial charge on any atom is 0.322 e. The fourth-order valence-electron chi connectivity index (χ4n) is 3.41. The first-order chi connectivity index (χ1) is 12.2. The van der Waals surface area contributed by atoms with E-state index in [2.05, 4.69) is 27.1 Å². The van der Waals surface area contributed by atoms with Crippen LogP contribution in [0.5, 0.6) is 0 Å². The third kappa shape index (κ3) is 3.01. The van der Waals surface area contributed by atoms with Gasteiger partial charge in [-0.25, -0.2) is 4.79 Å². The van der Waals surface area contributed by atoms with Gasteiger partial charge in [0.05, 0.1) is 0 Å². The Morgan fingerprint density at radius 2 is 2.08 bits per heavy atom. The molecule has 2 amide bonds. The average Bonchev–Trinajstić information content (AvgIpc) is 3.10. The van der Waals surface area contributed by atoms with E-state index in [1.54, 1.807) is 6.20 Å². The molecule has 0 spiro atoms. The van der Waals surface area contributed by atoms with Crippen molar-refractivity contribution < 1.29 is 4.79 Å². The zero-order valence-electron chi connectivity index (χ0n) is 14.1. The molecule has 25 heavy (non-hydrogen) atoms. The van der Waals surface area contributed by atoms with E-state index in [1.807, 2.05) is 60.5 Å². The van der Waals surface area contributed by atoms with Crippen LogP contribution in [0.25, 0.3) is 0 Å². The molecule has 0 radical (unpaired) electrons. The lowest BCUT2D eigenvalue weighted by atomic mass is 10.0. The molecular formula is C20H20N4O. The number of hydrogen-bond acceptors (Lipinski definition) is 2. The average molecular weight is 332 g/mol. The Hall–Kier alpha value is -3.08. The zero-order valence-corrected chi connectivity index (χ0v) is 14.1. The molecule has 126 valence electrons. The lowest BCUT2D eigenvalue weighted by Gasteiger charge is -2.37. The largest absolute Gasteiger partial charge is 0.348 e. The zero-order chi connectivity index (χ0) is 17.2. The number of aromatic nitrogens is 2. The number of pyridine rings is 1. The second-order valence-electron chi connectivity index (χ2n) is 6.31. The number of rotatable bonds is 2. The van der Waals surface area contributed by atoms with Gasteiger partial charge in [-0.15, -0.1) is 0 Å². The maximum absolute atomic E-state index is 13.0. The number of carbonyl (C=O) groups is 1. The van der Waals surface area contributed by atoms with E-state index in [1.165, 1.54) is 0 Å². The first-order valence-electron chi connectivity index (χ1n) is 8.41. The van der Waals surface area contributed by atoms with Gasteiger partial charge in [0.2, 0.25) is 0 Å². The van der Waals surface area contributed by atoms with Crippen molar-refractivity contribution in [2.45, 2.75) is 19.5 Å². The van der Waals surface area contributed by atoms with E-state index in [-0.39, 0.29) is 12.1 Å². The van der Waals surface area contributed by atoms with Crippen LogP contribution in [0.15, 0.2) is 67.1 Å². The number of amides is 2. The summed E-state index contributed by atoms with van der Waals surface area (Å²) in [4.78, 5) is 19.1. The number of nitrogens with one attached hydrogen (secondary N) is 1. The molecular weight excluding hydrogens is 312 g/mol. The molecule has 0 bridgehead atoms. The Balaban J connectivity index is 1.66. The Bertz CT molecular complexity index is 887. The Morgan fingerprint density at radius 3 is 2.88 bits per heavy atom. The summed E-state index contributed by atoms with van der Waals surface area (Å²) >= 11 is 0. The highest BCUT2D eigenvalue weighted by Gasteiger charge is 2.32. The quantitative estimate of drug-likeness (QED) is 0.775. The van der Waals surface area contributed by atoms with E-state index in [9.17, 15) is 4.79 Å². The molecule has 4 rings (SSSR count). The predicted octanol–water partition coefficient (Wildman–Crippen LogP) is 3.83. The minimum Gasteiger partial charge on any atom is -0.348 e. The van der Waals surface area contributed by atoms with Crippen molar-refractivity contribution in [2.75, 3.05) is 11.9 Å². The normalized spacial score (nSPS) is 16.4. The second kappa shape index (κ2) is 6.43. The van der Waals surface area contributed by atoms with Crippen LogP contribution >= 0.6 is 0 Å². The molecule has 0 fully saturated rings. The SMILES string of the molecule is Cc1cccc(NC(=O)N2CCn3cccc3[C@H]2c2cccnc2)c1. The van der Waals surface area contributed by atoms with Crippen molar-refractivity contribution in [1.82, 2.24) is 14.5 Å². The highest BCUT2D eigenvalue weighted by atomic mass is 16.2. The van der Waals surface area contributed by atoms with Gasteiger partial charge in [-0.2, -0.15) is 0 Å². The molecule has 1 aliphatic rings. The third-order valence-corrected chi connectivity index (χ3v) is 4.57. The van der Waals surface area contributed by atoms with Crippen LogP contribution in [-0.2, 0) is 6.54 Å². The summed E-state index contributed by atoms with van der Waals surface area (Å²) in [7, 11) is 0. The minimum atomic E-state index is -0.137. The molecule has 5 heteroatoms. The fraction of sp³-hybridized carbons (Fsp3) is 0.200. The standard InChI is InChI=1S/C20H20N4O/c1-15-5-2-7-17(13-15)22-20(25)24-12-11-23-10-4-8-18(23)19(24)16-6-3-9-21-14-16/h2-10,13-14,19H,11-12H2,1H3,(H,22,25)/t19-/m1/s1. The van der Waals surface area contributed by atoms with Gasteiger partial charge in [-0.3, -0.25) is 4.98 Å². The third-order valence-electron chi connectivity index (χ3n) is 4.57. The van der Waals surface area contributed by atoms with Gasteiger partial charge in [-0.1, -0.05) is 18.2 Å². The van der Waals surface area contributed by atoms with Crippen molar-refractivity contribution in [3.8, 4) is 0 Å². The first kappa shape index (κ1) is 15.4. The van der Waals surface area contributed by atoms with Crippen molar-refractivity contribution in [3.05, 3.63) is 83.9 Å². The van der Waals surface area contributed by atoms with Gasteiger partial charge in [0.1, 0.15) is 6.04 Å². The Labute approximate surface area is 146 Å². The van der Waals surface area contributed by atoms with Crippen LogP contribution in [-0.4, -0.2) is 27.0 Å². The van der Waals surface area contributed by atoms with Crippen molar-refractivity contribution in [2.24, 2.45) is 0 Å². The van der Waals surface area contributed by atoms with E-state index in [4.69, 9.17) is 0 Å². The minimum absolute atomic E-state index is 0.0908. The number of urea groups is 1. The van der Waals surface area contributed by atoms with Crippen molar-refractivity contribution in [1.29, 1.82) is 0 Å². The van der Waals surface area contributed by atoms with Gasteiger partial charge in [0, 0.05) is 43.1 Å². The number of nitrogens with zero attached hydrogens (tertiary/aromatic N) is 3. The molecule has 2 aromatic heterocycles. The summed E-state index contributed by atoms with van der Waals surface area (Å²) in [5.41, 5.74) is 4.06. The van der Waals surface area contributed by atoms with E-state index in [0.29, 0.717) is 6.54 Å². The van der Waals surface area contributed by atoms with Gasteiger partial charge in [-0.05, 0) is 48.4 Å². The van der Waals surface area contributed by atoms with Crippen molar-refractivity contribution >= 4 is 11.7 Å². The molecule has 1 aromatic carbocycles. The number of hydrogen-bond donors (Lipinski definition) is 1. The summed E-state index contributed by atoms with van der Waals surface area (Å²) in [6.07, 6.45) is 5.65. The molecule has 0 unspecified atom stereocenters. The number of carbonyl (C=O) groups excluding carboxylic acids is 1. The van der Waals surface area contributed by atoms with Crippen LogP contribution in [0.3, 0.4) is 0 Å². The Kier molecular flexibility index (Phi) is 3.98. The summed E-state index contributed by atoms with van der Waals surface area (Å²) in [6, 6.07) is 15.7. The summed E-state index contributed by atoms with van der Waals surface area (Å²) in [5, 5.41) is 3.03. The molecule has 1 atom stereocenters. The lowest BCUT2D eigenvalue weighted by molar-refractivity contribution is 0.181. The predicted molar refractivity (Wildman–Crippen MR) is 97.4 cm³/mol. The van der Waals surface area contributed by atoms with Gasteiger partial charge in [0.15, 0.2) is 0 Å². The van der Waals surface area contributed by atoms with Crippen LogP contribution in [0.1, 0.15) is 22.9 Å². The topological polar surface area (TPSA) is 50.2 Å². The number of aryl methyl sites for hydroxylation is 1. The fourth-order valence-corrected chi connectivity index (χ4v) is 3.41. The number of benzene rings is 1. The molecule has 1 N–H and O–H groups in total. The van der Waals surface area contributed by atoms with Gasteiger partial charge >= 0.3 is 6.03 Å². The maximum atomic E-state index is 13.0. The molecule has 0 saturated carbocycles. The number of anilines is 1. The number of fused-ring (bicyclic) bond motifs is 1. The first-order valence-corrected chi connectivity index (χ1v) is 8.41. The summed E-state index contributed by atoms with van der Waals surface area (Å²) in [5.74, 6) is 0. The van der Waals surface area contributed by atoms with Crippen LogP contribution in [0, 0.1) is 6.92 Å². The molecule has 0 saturated heterocycles. The highest BCUT2D eigenvalue weighted by molar-refractivity contribution is 5.90. The van der Waals surface area contributed by atoms with E-state index in [0.717, 1.165) is 29.1 Å². The van der Waals surface area contributed by atoms with Gasteiger partial charge in [0.25, 0.3) is 0 Å². The van der Waals surface area contributed by atoms with E-state index >= 15 is 0 Å². The Morgan fingerprint density at radius 1 is 1.16 bits per heavy atom. The van der Waals surface area contributed by atoms with Crippen molar-refractivity contribution in [3.63, 3.8) is 0 Å². The molecule has 0 aliphatic carbocycles. The lowest BCUT2D eigenvalue weighted by Crippen LogP contribution is -2.44. The van der Waals surface area contributed by atoms with Crippen LogP contribution < -0.4 is 5.32 Å². The van der Waals surface area contributed by atoms with Crippen LogP contribution in [0.4, 0.5) is 10.5 Å². The molecule has 3 aromatic rings. The summed E-state index contributed by atoms with van der Waals surface area (Å²) in [6.45, 7) is 3.46. The molecule has 1 aliphatic heterocycles. The van der Waals surface area contributed by atoms with Crippen LogP contribution in [0.2, 0.25) is 0 Å².